The highest BCUT2D eigenvalue weighted by Gasteiger charge is 2.21. The Hall–Kier alpha value is -2.04. The van der Waals surface area contributed by atoms with Gasteiger partial charge in [0.15, 0.2) is 0 Å². The molecule has 4 rings (SSSR count). The van der Waals surface area contributed by atoms with Crippen LogP contribution in [-0.2, 0) is 24.3 Å². The minimum absolute atomic E-state index is 0. The summed E-state index contributed by atoms with van der Waals surface area (Å²) in [6.07, 6.45) is 3.17. The molecule has 1 atom stereocenters. The predicted octanol–water partition coefficient (Wildman–Crippen LogP) is 3.04. The van der Waals surface area contributed by atoms with Crippen molar-refractivity contribution in [1.82, 2.24) is 10.6 Å². The van der Waals surface area contributed by atoms with Crippen molar-refractivity contribution in [2.45, 2.75) is 38.4 Å². The third-order valence-corrected chi connectivity index (χ3v) is 5.22. The smallest absolute Gasteiger partial charge is 0.237 e. The molecule has 26 heavy (non-hydrogen) atoms. The van der Waals surface area contributed by atoms with E-state index in [4.69, 9.17) is 0 Å². The average Bonchev–Trinajstić information content (AvgIpc) is 3.32. The van der Waals surface area contributed by atoms with E-state index in [1.807, 2.05) is 0 Å². The molecule has 0 aromatic heterocycles. The van der Waals surface area contributed by atoms with Gasteiger partial charge in [0.05, 0.1) is 6.04 Å². The van der Waals surface area contributed by atoms with E-state index in [-0.39, 0.29) is 24.4 Å². The number of nitrogens with zero attached hydrogens (tertiary/aromatic N) is 1. The first-order chi connectivity index (χ1) is 12.3. The number of hydrogen-bond acceptors (Lipinski definition) is 3. The molecular formula is C21H26ClN3O. The summed E-state index contributed by atoms with van der Waals surface area (Å²) in [5, 5.41) is 6.27. The zero-order chi connectivity index (χ0) is 17.1. The van der Waals surface area contributed by atoms with Crippen LogP contribution in [0.5, 0.6) is 0 Å². The van der Waals surface area contributed by atoms with Crippen molar-refractivity contribution >= 4 is 24.0 Å². The fourth-order valence-corrected chi connectivity index (χ4v) is 3.77. The standard InChI is InChI=1S/C21H25N3O.ClH/c25-21(19-5-3-12-22-19)23-14-16-7-9-17(10-8-16)15-24-13-11-18-4-1-2-6-20(18)24;/h1-2,4,6-10,19,22H,3,5,11-15H2,(H,23,25);1H. The number of nitrogens with one attached hydrogen (secondary N) is 2. The Bertz CT molecular complexity index is 741. The molecule has 2 aromatic carbocycles. The topological polar surface area (TPSA) is 44.4 Å². The zero-order valence-corrected chi connectivity index (χ0v) is 15.7. The van der Waals surface area contributed by atoms with Crippen molar-refractivity contribution in [1.29, 1.82) is 0 Å². The lowest BCUT2D eigenvalue weighted by atomic mass is 10.1. The molecule has 1 fully saturated rings. The molecule has 2 N–H and O–H groups in total. The summed E-state index contributed by atoms with van der Waals surface area (Å²) in [4.78, 5) is 14.5. The van der Waals surface area contributed by atoms with Crippen LogP contribution >= 0.6 is 12.4 Å². The van der Waals surface area contributed by atoms with Gasteiger partial charge in [-0.2, -0.15) is 0 Å². The molecule has 5 heteroatoms. The van der Waals surface area contributed by atoms with Crippen molar-refractivity contribution in [3.63, 3.8) is 0 Å². The highest BCUT2D eigenvalue weighted by Crippen LogP contribution is 2.28. The zero-order valence-electron chi connectivity index (χ0n) is 14.9. The van der Waals surface area contributed by atoms with Gasteiger partial charge in [0.1, 0.15) is 0 Å². The highest BCUT2D eigenvalue weighted by molar-refractivity contribution is 5.85. The number of benzene rings is 2. The van der Waals surface area contributed by atoms with Crippen molar-refractivity contribution in [2.24, 2.45) is 0 Å². The molecule has 2 aliphatic rings. The summed E-state index contributed by atoms with van der Waals surface area (Å²) in [6, 6.07) is 17.3. The number of carbonyl (C=O) groups is 1. The largest absolute Gasteiger partial charge is 0.367 e. The molecule has 138 valence electrons. The third-order valence-electron chi connectivity index (χ3n) is 5.22. The van der Waals surface area contributed by atoms with E-state index in [0.717, 1.165) is 44.5 Å². The first-order valence-electron chi connectivity index (χ1n) is 9.21. The van der Waals surface area contributed by atoms with Gasteiger partial charge in [-0.15, -0.1) is 12.4 Å². The number of fused-ring (bicyclic) bond motifs is 1. The van der Waals surface area contributed by atoms with Crippen LogP contribution in [0.4, 0.5) is 5.69 Å². The molecule has 1 saturated heterocycles. The number of para-hydroxylation sites is 1. The second-order valence-corrected chi connectivity index (χ2v) is 6.98. The average molecular weight is 372 g/mol. The molecule has 2 heterocycles. The molecule has 4 nitrogen and oxygen atoms in total. The van der Waals surface area contributed by atoms with Crippen molar-refractivity contribution in [3.05, 3.63) is 65.2 Å². The van der Waals surface area contributed by atoms with Gasteiger partial charge in [0.25, 0.3) is 0 Å². The van der Waals surface area contributed by atoms with Crippen LogP contribution in [0.3, 0.4) is 0 Å². The van der Waals surface area contributed by atoms with E-state index in [9.17, 15) is 4.79 Å². The molecule has 1 amide bonds. The van der Waals surface area contributed by atoms with Gasteiger partial charge in [-0.3, -0.25) is 4.79 Å². The van der Waals surface area contributed by atoms with Gasteiger partial charge in [0, 0.05) is 25.3 Å². The van der Waals surface area contributed by atoms with E-state index in [1.165, 1.54) is 16.8 Å². The van der Waals surface area contributed by atoms with Gasteiger partial charge in [0.2, 0.25) is 5.91 Å². The van der Waals surface area contributed by atoms with Crippen LogP contribution in [0.2, 0.25) is 0 Å². The number of carbonyl (C=O) groups excluding carboxylic acids is 1. The second-order valence-electron chi connectivity index (χ2n) is 6.98. The molecule has 0 saturated carbocycles. The molecular weight excluding hydrogens is 346 g/mol. The highest BCUT2D eigenvalue weighted by atomic mass is 35.5. The van der Waals surface area contributed by atoms with Crippen molar-refractivity contribution in [2.75, 3.05) is 18.0 Å². The fraction of sp³-hybridized carbons (Fsp3) is 0.381. The van der Waals surface area contributed by atoms with Crippen LogP contribution in [0.25, 0.3) is 0 Å². The minimum Gasteiger partial charge on any atom is -0.367 e. The molecule has 1 unspecified atom stereocenters. The predicted molar refractivity (Wildman–Crippen MR) is 108 cm³/mol. The molecule has 0 radical (unpaired) electrons. The Morgan fingerprint density at radius 1 is 1.12 bits per heavy atom. The summed E-state index contributed by atoms with van der Waals surface area (Å²) in [6.45, 7) is 3.58. The Morgan fingerprint density at radius 2 is 1.88 bits per heavy atom. The van der Waals surface area contributed by atoms with Crippen LogP contribution in [0.1, 0.15) is 29.5 Å². The van der Waals surface area contributed by atoms with Crippen molar-refractivity contribution < 1.29 is 4.79 Å². The van der Waals surface area contributed by atoms with Crippen LogP contribution in [0, 0.1) is 0 Å². The number of rotatable bonds is 5. The van der Waals surface area contributed by atoms with Crippen LogP contribution in [-0.4, -0.2) is 25.0 Å². The van der Waals surface area contributed by atoms with Gasteiger partial charge < -0.3 is 15.5 Å². The van der Waals surface area contributed by atoms with Crippen LogP contribution < -0.4 is 15.5 Å². The number of halogens is 1. The van der Waals surface area contributed by atoms with Gasteiger partial charge in [-0.1, -0.05) is 42.5 Å². The SMILES string of the molecule is Cl.O=C(NCc1ccc(CN2CCc3ccccc32)cc1)C1CCCN1. The molecule has 0 bridgehead atoms. The summed E-state index contributed by atoms with van der Waals surface area (Å²) in [5.41, 5.74) is 5.27. The number of amides is 1. The minimum atomic E-state index is -0.00509. The maximum atomic E-state index is 12.1. The summed E-state index contributed by atoms with van der Waals surface area (Å²) < 4.78 is 0. The van der Waals surface area contributed by atoms with E-state index < -0.39 is 0 Å². The monoisotopic (exact) mass is 371 g/mol. The van der Waals surface area contributed by atoms with E-state index in [1.54, 1.807) is 0 Å². The molecule has 2 aliphatic heterocycles. The Balaban J connectivity index is 0.00000196. The van der Waals surface area contributed by atoms with Crippen molar-refractivity contribution in [3.8, 4) is 0 Å². The lowest BCUT2D eigenvalue weighted by Crippen LogP contribution is -2.39. The molecule has 0 aliphatic carbocycles. The first kappa shape index (κ1) is 18.7. The fourth-order valence-electron chi connectivity index (χ4n) is 3.77. The van der Waals surface area contributed by atoms with Gasteiger partial charge >= 0.3 is 0 Å². The van der Waals surface area contributed by atoms with E-state index >= 15 is 0 Å². The summed E-state index contributed by atoms with van der Waals surface area (Å²) in [7, 11) is 0. The summed E-state index contributed by atoms with van der Waals surface area (Å²) in [5.74, 6) is 0.121. The number of hydrogen-bond donors (Lipinski definition) is 2. The summed E-state index contributed by atoms with van der Waals surface area (Å²) >= 11 is 0. The van der Waals surface area contributed by atoms with E-state index in [2.05, 4.69) is 64.1 Å². The Morgan fingerprint density at radius 3 is 2.65 bits per heavy atom. The molecule has 2 aromatic rings. The first-order valence-corrected chi connectivity index (χ1v) is 9.21. The lowest BCUT2D eigenvalue weighted by molar-refractivity contribution is -0.122. The lowest BCUT2D eigenvalue weighted by Gasteiger charge is -2.19. The maximum Gasteiger partial charge on any atom is 0.237 e. The van der Waals surface area contributed by atoms with Gasteiger partial charge in [-0.25, -0.2) is 0 Å². The molecule has 0 spiro atoms. The van der Waals surface area contributed by atoms with Crippen LogP contribution in [0.15, 0.2) is 48.5 Å². The Kier molecular flexibility index (Phi) is 6.17. The maximum absolute atomic E-state index is 12.1. The second kappa shape index (κ2) is 8.56. The Labute approximate surface area is 161 Å². The normalized spacial score (nSPS) is 18.3. The quantitative estimate of drug-likeness (QED) is 0.849. The third kappa shape index (κ3) is 4.19. The van der Waals surface area contributed by atoms with E-state index in [0.29, 0.717) is 6.54 Å². The van der Waals surface area contributed by atoms with Gasteiger partial charge in [-0.05, 0) is 48.6 Å². The number of anilines is 1.